The molecule has 0 bridgehead atoms. The first-order chi connectivity index (χ1) is 12.3. The number of aromatic amines is 1. The third kappa shape index (κ3) is 3.96. The third-order valence-corrected chi connectivity index (χ3v) is 5.33. The zero-order valence-corrected chi connectivity index (χ0v) is 15.5. The van der Waals surface area contributed by atoms with E-state index < -0.39 is 0 Å². The number of aromatic nitrogens is 3. The van der Waals surface area contributed by atoms with Crippen LogP contribution in [-0.4, -0.2) is 28.0 Å². The summed E-state index contributed by atoms with van der Waals surface area (Å²) in [5.74, 6) is 1.17. The zero-order chi connectivity index (χ0) is 17.6. The van der Waals surface area contributed by atoms with Gasteiger partial charge in [0.2, 0.25) is 0 Å². The van der Waals surface area contributed by atoms with Gasteiger partial charge in [-0.3, -0.25) is 9.78 Å². The largest absolute Gasteiger partial charge is 0.316 e. The Morgan fingerprint density at radius 2 is 2.20 bits per heavy atom. The summed E-state index contributed by atoms with van der Waals surface area (Å²) in [5.41, 5.74) is 2.64. The van der Waals surface area contributed by atoms with Crippen LogP contribution in [-0.2, 0) is 6.42 Å². The van der Waals surface area contributed by atoms with Crippen molar-refractivity contribution in [2.75, 3.05) is 13.1 Å². The second-order valence-electron chi connectivity index (χ2n) is 5.98. The fourth-order valence-electron chi connectivity index (χ4n) is 3.15. The highest BCUT2D eigenvalue weighted by atomic mass is 32.1. The minimum absolute atomic E-state index is 0.0753. The summed E-state index contributed by atoms with van der Waals surface area (Å²) in [5, 5.41) is 5.54. The molecule has 0 amide bonds. The summed E-state index contributed by atoms with van der Waals surface area (Å²) >= 11 is 1.49. The van der Waals surface area contributed by atoms with Crippen LogP contribution in [0.3, 0.4) is 0 Å². The molecule has 1 unspecified atom stereocenters. The predicted molar refractivity (Wildman–Crippen MR) is 104 cm³/mol. The maximum atomic E-state index is 12.4. The first-order valence-electron chi connectivity index (χ1n) is 8.94. The van der Waals surface area contributed by atoms with Crippen LogP contribution in [0.1, 0.15) is 32.3 Å². The van der Waals surface area contributed by atoms with E-state index in [-0.39, 0.29) is 5.56 Å². The van der Waals surface area contributed by atoms with Crippen molar-refractivity contribution in [2.24, 2.45) is 5.92 Å². The number of nitrogens with zero attached hydrogens (tertiary/aromatic N) is 2. The first-order valence-corrected chi connectivity index (χ1v) is 9.82. The van der Waals surface area contributed by atoms with Gasteiger partial charge in [-0.25, -0.2) is 4.98 Å². The second kappa shape index (κ2) is 8.36. The van der Waals surface area contributed by atoms with Gasteiger partial charge in [0.15, 0.2) is 5.82 Å². The van der Waals surface area contributed by atoms with E-state index in [1.807, 2.05) is 32.0 Å². The highest BCUT2D eigenvalue weighted by Crippen LogP contribution is 2.27. The number of thiophene rings is 1. The van der Waals surface area contributed by atoms with Gasteiger partial charge in [-0.1, -0.05) is 19.9 Å². The quantitative estimate of drug-likeness (QED) is 0.752. The number of pyridine rings is 1. The van der Waals surface area contributed by atoms with E-state index in [0.29, 0.717) is 22.1 Å². The van der Waals surface area contributed by atoms with Crippen molar-refractivity contribution in [2.45, 2.75) is 33.1 Å². The lowest BCUT2D eigenvalue weighted by molar-refractivity contribution is 0.377. The lowest BCUT2D eigenvalue weighted by atomic mass is 9.93. The van der Waals surface area contributed by atoms with E-state index in [2.05, 4.69) is 20.7 Å². The van der Waals surface area contributed by atoms with Crippen molar-refractivity contribution in [1.82, 2.24) is 20.3 Å². The Bertz CT molecular complexity index is 866. The average Bonchev–Trinajstić information content (AvgIpc) is 3.08. The third-order valence-electron chi connectivity index (χ3n) is 4.32. The summed E-state index contributed by atoms with van der Waals surface area (Å²) < 4.78 is 0.712. The molecule has 4 rings (SSSR count). The lowest BCUT2D eigenvalue weighted by Gasteiger charge is -2.22. The van der Waals surface area contributed by atoms with Crippen molar-refractivity contribution in [1.29, 1.82) is 0 Å². The molecule has 1 atom stereocenters. The fraction of sp³-hybridized carbons (Fsp3) is 0.421. The number of rotatable bonds is 3. The van der Waals surface area contributed by atoms with Crippen LogP contribution < -0.4 is 10.9 Å². The molecule has 132 valence electrons. The number of hydrogen-bond acceptors (Lipinski definition) is 5. The van der Waals surface area contributed by atoms with Crippen LogP contribution in [0, 0.1) is 5.92 Å². The number of piperidine rings is 1. The van der Waals surface area contributed by atoms with E-state index in [9.17, 15) is 4.79 Å². The van der Waals surface area contributed by atoms with Crippen molar-refractivity contribution in [3.05, 3.63) is 45.7 Å². The smallest absolute Gasteiger partial charge is 0.269 e. The van der Waals surface area contributed by atoms with Gasteiger partial charge in [-0.15, -0.1) is 11.3 Å². The van der Waals surface area contributed by atoms with Gasteiger partial charge in [0.1, 0.15) is 10.4 Å². The van der Waals surface area contributed by atoms with Gasteiger partial charge < -0.3 is 10.3 Å². The minimum atomic E-state index is -0.0753. The Kier molecular flexibility index (Phi) is 5.94. The van der Waals surface area contributed by atoms with E-state index in [4.69, 9.17) is 4.98 Å². The van der Waals surface area contributed by atoms with Crippen LogP contribution in [0.5, 0.6) is 0 Å². The van der Waals surface area contributed by atoms with Gasteiger partial charge in [-0.2, -0.15) is 0 Å². The zero-order valence-electron chi connectivity index (χ0n) is 14.7. The fourth-order valence-corrected chi connectivity index (χ4v) is 4.07. The SMILES string of the molecule is CC.O=c1[nH]c(-c2ccccn2)nc2c(CC3CCCNC3)csc12. The molecule has 0 aromatic carbocycles. The molecule has 1 fully saturated rings. The number of fused-ring (bicyclic) bond motifs is 1. The molecule has 1 aliphatic rings. The Morgan fingerprint density at radius 3 is 2.92 bits per heavy atom. The minimum Gasteiger partial charge on any atom is -0.316 e. The van der Waals surface area contributed by atoms with Gasteiger partial charge in [0, 0.05) is 6.20 Å². The molecule has 0 aliphatic carbocycles. The molecule has 3 aromatic heterocycles. The number of nitrogens with one attached hydrogen (secondary N) is 2. The normalized spacial score (nSPS) is 17.1. The van der Waals surface area contributed by atoms with Crippen molar-refractivity contribution < 1.29 is 0 Å². The lowest BCUT2D eigenvalue weighted by Crippen LogP contribution is -2.30. The number of H-pyrrole nitrogens is 1. The maximum Gasteiger partial charge on any atom is 0.269 e. The van der Waals surface area contributed by atoms with E-state index >= 15 is 0 Å². The highest BCUT2D eigenvalue weighted by Gasteiger charge is 2.18. The summed E-state index contributed by atoms with van der Waals surface area (Å²) in [6.07, 6.45) is 5.15. The van der Waals surface area contributed by atoms with Crippen molar-refractivity contribution in [3.63, 3.8) is 0 Å². The standard InChI is InChI=1S/C17H18N4OS.C2H6/c22-17-15-14(20-16(21-17)13-5-1-2-7-19-13)12(10-23-15)8-11-4-3-6-18-9-11;1-2/h1-2,5,7,10-11,18H,3-4,6,8-9H2,(H,20,21,22);1-2H3. The Hall–Kier alpha value is -2.05. The van der Waals surface area contributed by atoms with Crippen LogP contribution in [0.4, 0.5) is 0 Å². The van der Waals surface area contributed by atoms with Crippen molar-refractivity contribution >= 4 is 21.6 Å². The second-order valence-corrected chi connectivity index (χ2v) is 6.86. The van der Waals surface area contributed by atoms with E-state index in [1.165, 1.54) is 29.7 Å². The van der Waals surface area contributed by atoms with E-state index in [0.717, 1.165) is 25.0 Å². The summed E-state index contributed by atoms with van der Waals surface area (Å²) in [6.45, 7) is 6.16. The monoisotopic (exact) mass is 356 g/mol. The molecule has 1 saturated heterocycles. The van der Waals surface area contributed by atoms with Gasteiger partial charge in [0.25, 0.3) is 5.56 Å². The van der Waals surface area contributed by atoms with Crippen LogP contribution >= 0.6 is 11.3 Å². The van der Waals surface area contributed by atoms with Crippen LogP contribution in [0.2, 0.25) is 0 Å². The van der Waals surface area contributed by atoms with Crippen LogP contribution in [0.25, 0.3) is 21.7 Å². The Balaban J connectivity index is 0.000000880. The van der Waals surface area contributed by atoms with Gasteiger partial charge in [-0.05, 0) is 61.3 Å². The molecule has 25 heavy (non-hydrogen) atoms. The first kappa shape index (κ1) is 17.8. The maximum absolute atomic E-state index is 12.4. The van der Waals surface area contributed by atoms with Crippen LogP contribution in [0.15, 0.2) is 34.6 Å². The predicted octanol–water partition coefficient (Wildman–Crippen LogP) is 3.61. The molecule has 0 radical (unpaired) electrons. The van der Waals surface area contributed by atoms with E-state index in [1.54, 1.807) is 6.20 Å². The van der Waals surface area contributed by atoms with Gasteiger partial charge in [0.05, 0.1) is 5.52 Å². The Labute approximate surface area is 151 Å². The molecule has 5 nitrogen and oxygen atoms in total. The molecule has 1 aliphatic heterocycles. The summed E-state index contributed by atoms with van der Waals surface area (Å²) in [4.78, 5) is 24.2. The molecular formula is C19H24N4OS. The summed E-state index contributed by atoms with van der Waals surface area (Å²) in [6, 6.07) is 5.61. The number of hydrogen-bond donors (Lipinski definition) is 2. The molecular weight excluding hydrogens is 332 g/mol. The summed E-state index contributed by atoms with van der Waals surface area (Å²) in [7, 11) is 0. The molecule has 4 heterocycles. The molecule has 6 heteroatoms. The highest BCUT2D eigenvalue weighted by molar-refractivity contribution is 7.17. The van der Waals surface area contributed by atoms with Crippen molar-refractivity contribution in [3.8, 4) is 11.5 Å². The molecule has 0 saturated carbocycles. The molecule has 0 spiro atoms. The molecule has 2 N–H and O–H groups in total. The average molecular weight is 356 g/mol. The molecule has 3 aromatic rings. The Morgan fingerprint density at radius 1 is 1.32 bits per heavy atom. The van der Waals surface area contributed by atoms with Gasteiger partial charge >= 0.3 is 0 Å². The topological polar surface area (TPSA) is 70.7 Å².